The molecule has 2 aromatic carbocycles. The monoisotopic (exact) mass is 340 g/mol. The summed E-state index contributed by atoms with van der Waals surface area (Å²) in [5, 5.41) is 9.87. The molecule has 1 aliphatic heterocycles. The molecular formula is C20H20O5. The van der Waals surface area contributed by atoms with Crippen molar-refractivity contribution in [2.75, 3.05) is 20.3 Å². The average molecular weight is 340 g/mol. The van der Waals surface area contributed by atoms with Crippen LogP contribution < -0.4 is 14.2 Å². The first kappa shape index (κ1) is 16.9. The number of benzene rings is 2. The summed E-state index contributed by atoms with van der Waals surface area (Å²) >= 11 is 0. The van der Waals surface area contributed by atoms with Crippen LogP contribution in [0, 0.1) is 0 Å². The highest BCUT2D eigenvalue weighted by Crippen LogP contribution is 2.31. The fourth-order valence-corrected chi connectivity index (χ4v) is 2.53. The normalized spacial score (nSPS) is 14.0. The molecule has 0 saturated carbocycles. The summed E-state index contributed by atoms with van der Waals surface area (Å²) in [5.41, 5.74) is 1.01. The predicted octanol–water partition coefficient (Wildman–Crippen LogP) is 3.85. The maximum atomic E-state index is 12.3. The van der Waals surface area contributed by atoms with E-state index >= 15 is 0 Å². The minimum atomic E-state index is -0.305. The summed E-state index contributed by atoms with van der Waals surface area (Å²) in [4.78, 5) is 12.3. The molecular weight excluding hydrogens is 320 g/mol. The van der Waals surface area contributed by atoms with E-state index in [4.69, 9.17) is 14.2 Å². The Labute approximate surface area is 146 Å². The van der Waals surface area contributed by atoms with Crippen LogP contribution in [-0.4, -0.2) is 31.2 Å². The summed E-state index contributed by atoms with van der Waals surface area (Å²) in [6.45, 7) is 1.33. The smallest absolute Gasteiger partial charge is 0.189 e. The van der Waals surface area contributed by atoms with Crippen molar-refractivity contribution in [2.45, 2.75) is 12.8 Å². The van der Waals surface area contributed by atoms with Crippen molar-refractivity contribution in [3.63, 3.8) is 0 Å². The van der Waals surface area contributed by atoms with Gasteiger partial charge in [-0.2, -0.15) is 0 Å². The molecule has 5 nitrogen and oxygen atoms in total. The van der Waals surface area contributed by atoms with Crippen molar-refractivity contribution in [3.8, 4) is 23.0 Å². The Balaban J connectivity index is 1.79. The molecule has 0 atom stereocenters. The Hall–Kier alpha value is -2.95. The maximum absolute atomic E-state index is 12.3. The van der Waals surface area contributed by atoms with Crippen molar-refractivity contribution in [1.82, 2.24) is 0 Å². The van der Waals surface area contributed by atoms with Crippen LogP contribution in [0.1, 0.15) is 28.8 Å². The third kappa shape index (κ3) is 4.12. The molecule has 0 aromatic heterocycles. The average Bonchev–Trinajstić information content (AvgIpc) is 2.61. The summed E-state index contributed by atoms with van der Waals surface area (Å²) in [7, 11) is 1.51. The number of methoxy groups -OCH3 is 1. The molecule has 1 aliphatic rings. The third-order valence-corrected chi connectivity index (χ3v) is 3.92. The Bertz CT molecular complexity index is 795. The van der Waals surface area contributed by atoms with Crippen LogP contribution >= 0.6 is 0 Å². The number of phenols is 1. The van der Waals surface area contributed by atoms with Gasteiger partial charge in [0.25, 0.3) is 0 Å². The zero-order valence-electron chi connectivity index (χ0n) is 14.0. The van der Waals surface area contributed by atoms with Gasteiger partial charge in [0, 0.05) is 0 Å². The zero-order valence-corrected chi connectivity index (χ0v) is 14.0. The standard InChI is InChI=1S/C20H20O5/c1-23-15-6-8-18(22)16(13-15)17(21)7-4-14-5-9-19-20(12-14)25-11-3-2-10-24-19/h4-9,12-13,22H,2-3,10-11H2,1H3/b7-4+. The Morgan fingerprint density at radius 2 is 1.84 bits per heavy atom. The molecule has 0 aliphatic carbocycles. The zero-order chi connectivity index (χ0) is 17.6. The number of rotatable bonds is 4. The van der Waals surface area contributed by atoms with Crippen molar-refractivity contribution < 1.29 is 24.1 Å². The van der Waals surface area contributed by atoms with E-state index in [9.17, 15) is 9.90 Å². The van der Waals surface area contributed by atoms with Crippen molar-refractivity contribution in [2.24, 2.45) is 0 Å². The highest BCUT2D eigenvalue weighted by molar-refractivity contribution is 6.08. The molecule has 0 bridgehead atoms. The molecule has 3 rings (SSSR count). The van der Waals surface area contributed by atoms with E-state index in [2.05, 4.69) is 0 Å². The number of allylic oxidation sites excluding steroid dienone is 1. The van der Waals surface area contributed by atoms with Crippen LogP contribution in [0.25, 0.3) is 6.08 Å². The number of fused-ring (bicyclic) bond motifs is 1. The molecule has 25 heavy (non-hydrogen) atoms. The molecule has 0 unspecified atom stereocenters. The van der Waals surface area contributed by atoms with Gasteiger partial charge in [-0.15, -0.1) is 0 Å². The van der Waals surface area contributed by atoms with Crippen LogP contribution in [0.15, 0.2) is 42.5 Å². The molecule has 0 spiro atoms. The van der Waals surface area contributed by atoms with Gasteiger partial charge < -0.3 is 19.3 Å². The van der Waals surface area contributed by atoms with Crippen LogP contribution in [0.2, 0.25) is 0 Å². The van der Waals surface area contributed by atoms with E-state index in [1.807, 2.05) is 18.2 Å². The Kier molecular flexibility index (Phi) is 5.23. The number of phenolic OH excluding ortho intramolecular Hbond substituents is 1. The summed E-state index contributed by atoms with van der Waals surface area (Å²) in [6, 6.07) is 10.1. The second-order valence-electron chi connectivity index (χ2n) is 5.69. The van der Waals surface area contributed by atoms with E-state index in [-0.39, 0.29) is 17.1 Å². The van der Waals surface area contributed by atoms with Gasteiger partial charge in [0.2, 0.25) is 0 Å². The number of hydrogen-bond acceptors (Lipinski definition) is 5. The minimum absolute atomic E-state index is 0.0784. The SMILES string of the molecule is COc1ccc(O)c(C(=O)/C=C/c2ccc3c(c2)OCCCCO3)c1. The number of aromatic hydroxyl groups is 1. The van der Waals surface area contributed by atoms with Crippen LogP contribution in [-0.2, 0) is 0 Å². The van der Waals surface area contributed by atoms with E-state index in [1.165, 1.54) is 25.3 Å². The number of ketones is 1. The van der Waals surface area contributed by atoms with E-state index in [0.717, 1.165) is 18.4 Å². The lowest BCUT2D eigenvalue weighted by Gasteiger charge is -2.16. The summed E-state index contributed by atoms with van der Waals surface area (Å²) in [6.07, 6.45) is 5.02. The first-order valence-electron chi connectivity index (χ1n) is 8.16. The molecule has 1 heterocycles. The van der Waals surface area contributed by atoms with Gasteiger partial charge in [0.1, 0.15) is 11.5 Å². The molecule has 1 N–H and O–H groups in total. The first-order chi connectivity index (χ1) is 12.2. The highest BCUT2D eigenvalue weighted by Gasteiger charge is 2.11. The van der Waals surface area contributed by atoms with E-state index < -0.39 is 0 Å². The first-order valence-corrected chi connectivity index (χ1v) is 8.16. The molecule has 0 radical (unpaired) electrons. The predicted molar refractivity (Wildman–Crippen MR) is 94.7 cm³/mol. The topological polar surface area (TPSA) is 65.0 Å². The molecule has 130 valence electrons. The summed E-state index contributed by atoms with van der Waals surface area (Å²) < 4.78 is 16.5. The molecule has 0 fully saturated rings. The third-order valence-electron chi connectivity index (χ3n) is 3.92. The number of ether oxygens (including phenoxy) is 3. The van der Waals surface area contributed by atoms with Crippen LogP contribution in [0.3, 0.4) is 0 Å². The van der Waals surface area contributed by atoms with Gasteiger partial charge in [0.05, 0.1) is 25.9 Å². The van der Waals surface area contributed by atoms with E-state index in [1.54, 1.807) is 12.1 Å². The van der Waals surface area contributed by atoms with E-state index in [0.29, 0.717) is 30.5 Å². The Morgan fingerprint density at radius 1 is 1.08 bits per heavy atom. The van der Waals surface area contributed by atoms with Gasteiger partial charge in [0.15, 0.2) is 17.3 Å². The van der Waals surface area contributed by atoms with Gasteiger partial charge in [-0.05, 0) is 54.8 Å². The molecule has 0 saturated heterocycles. The lowest BCUT2D eigenvalue weighted by Crippen LogP contribution is -2.08. The molecule has 2 aromatic rings. The highest BCUT2D eigenvalue weighted by atomic mass is 16.5. The minimum Gasteiger partial charge on any atom is -0.507 e. The number of carbonyl (C=O) groups is 1. The number of hydrogen-bond donors (Lipinski definition) is 1. The van der Waals surface area contributed by atoms with Gasteiger partial charge in [-0.3, -0.25) is 4.79 Å². The lowest BCUT2D eigenvalue weighted by atomic mass is 10.1. The Morgan fingerprint density at radius 3 is 2.60 bits per heavy atom. The van der Waals surface area contributed by atoms with Crippen LogP contribution in [0.5, 0.6) is 23.0 Å². The lowest BCUT2D eigenvalue weighted by molar-refractivity contribution is 0.104. The number of carbonyl (C=O) groups excluding carboxylic acids is 1. The van der Waals surface area contributed by atoms with Gasteiger partial charge in [-0.1, -0.05) is 12.1 Å². The van der Waals surface area contributed by atoms with Crippen molar-refractivity contribution in [3.05, 3.63) is 53.6 Å². The molecule has 0 amide bonds. The second kappa shape index (κ2) is 7.75. The van der Waals surface area contributed by atoms with Crippen LogP contribution in [0.4, 0.5) is 0 Å². The molecule has 5 heteroatoms. The summed E-state index contributed by atoms with van der Waals surface area (Å²) in [5.74, 6) is 1.53. The fraction of sp³-hybridized carbons (Fsp3) is 0.250. The largest absolute Gasteiger partial charge is 0.507 e. The van der Waals surface area contributed by atoms with Crippen molar-refractivity contribution in [1.29, 1.82) is 0 Å². The maximum Gasteiger partial charge on any atom is 0.189 e. The second-order valence-corrected chi connectivity index (χ2v) is 5.69. The fourth-order valence-electron chi connectivity index (χ4n) is 2.53. The quantitative estimate of drug-likeness (QED) is 0.676. The van der Waals surface area contributed by atoms with Gasteiger partial charge >= 0.3 is 0 Å². The van der Waals surface area contributed by atoms with Crippen molar-refractivity contribution >= 4 is 11.9 Å². The van der Waals surface area contributed by atoms with Gasteiger partial charge in [-0.25, -0.2) is 0 Å².